The fourth-order valence-corrected chi connectivity index (χ4v) is 6.36. The van der Waals surface area contributed by atoms with Crippen molar-refractivity contribution in [3.05, 3.63) is 164 Å². The molecule has 16 nitrogen and oxygen atoms in total. The number of hydrogen-bond acceptors (Lipinski definition) is 13. The Labute approximate surface area is 379 Å². The normalized spacial score (nSPS) is 10.3. The van der Waals surface area contributed by atoms with Gasteiger partial charge < -0.3 is 48.5 Å². The Bertz CT molecular complexity index is 2640. The Morgan fingerprint density at radius 1 is 0.455 bits per heavy atom. The molecule has 16 heteroatoms. The fourth-order valence-electron chi connectivity index (χ4n) is 6.36. The highest BCUT2D eigenvalue weighted by Crippen LogP contribution is 2.33. The van der Waals surface area contributed by atoms with Crippen LogP contribution in [0.15, 0.2) is 160 Å². The lowest BCUT2D eigenvalue weighted by Crippen LogP contribution is -2.11. The number of carbonyl (C=O) groups is 3. The molecule has 0 aliphatic heterocycles. The van der Waals surface area contributed by atoms with E-state index in [2.05, 4.69) is 30.9 Å². The van der Waals surface area contributed by atoms with E-state index in [-0.39, 0.29) is 41.6 Å². The Balaban J connectivity index is 0.000000159. The van der Waals surface area contributed by atoms with Gasteiger partial charge in [-0.25, -0.2) is 0 Å². The summed E-state index contributed by atoms with van der Waals surface area (Å²) in [7, 11) is 0. The first kappa shape index (κ1) is 47.0. The predicted octanol–water partition coefficient (Wildman–Crippen LogP) is 10.4. The van der Waals surface area contributed by atoms with Crippen molar-refractivity contribution in [3.63, 3.8) is 0 Å². The molecular formula is C50H48N6O10. The highest BCUT2D eigenvalue weighted by Gasteiger charge is 2.16. The van der Waals surface area contributed by atoms with Crippen molar-refractivity contribution in [1.82, 2.24) is 15.0 Å². The standard InChI is InChI=1S/3C16H14N2O3.C2H6O/c3*1-2-20-13-8-7-12(11-5-3-9-17-15(11)13)18-16(19)14-6-4-10-21-14;1-2-3/h3*3-10H,2H2,1H3,(H,18,19);3H,2H2,1H3. The molecule has 0 spiro atoms. The summed E-state index contributed by atoms with van der Waals surface area (Å²) in [5.41, 5.74) is 4.17. The third-order valence-corrected chi connectivity index (χ3v) is 9.08. The van der Waals surface area contributed by atoms with Gasteiger partial charge in [0, 0.05) is 41.4 Å². The van der Waals surface area contributed by atoms with Crippen LogP contribution >= 0.6 is 0 Å². The van der Waals surface area contributed by atoms with Crippen LogP contribution in [0.4, 0.5) is 17.1 Å². The molecule has 0 fully saturated rings. The molecule has 0 saturated carbocycles. The largest absolute Gasteiger partial charge is 0.492 e. The molecule has 9 rings (SSSR count). The Morgan fingerprint density at radius 2 is 0.742 bits per heavy atom. The van der Waals surface area contributed by atoms with E-state index in [1.54, 1.807) is 98.3 Å². The number of rotatable bonds is 12. The number of furan rings is 3. The third-order valence-electron chi connectivity index (χ3n) is 9.08. The lowest BCUT2D eigenvalue weighted by Gasteiger charge is -2.11. The minimum Gasteiger partial charge on any atom is -0.492 e. The maximum atomic E-state index is 12.1. The average Bonchev–Trinajstić information content (AvgIpc) is 4.19. The summed E-state index contributed by atoms with van der Waals surface area (Å²) >= 11 is 0. The summed E-state index contributed by atoms with van der Waals surface area (Å²) in [5, 5.41) is 18.5. The molecule has 6 heterocycles. The molecule has 0 bridgehead atoms. The van der Waals surface area contributed by atoms with Crippen LogP contribution in [0.1, 0.15) is 59.4 Å². The molecule has 338 valence electrons. The SMILES string of the molecule is CCO.CCOc1ccc(NC(=O)c2ccco2)c2cccnc12.CCOc1ccc(NC(=O)c2ccco2)c2cccnc12.CCOc1ccc(NC(=O)c2ccco2)c2cccnc12. The molecule has 0 saturated heterocycles. The first-order chi connectivity index (χ1) is 32.3. The summed E-state index contributed by atoms with van der Waals surface area (Å²) in [6, 6.07) is 31.8. The highest BCUT2D eigenvalue weighted by atomic mass is 16.5. The van der Waals surface area contributed by atoms with Gasteiger partial charge in [0.15, 0.2) is 17.3 Å². The number of amides is 3. The minimum absolute atomic E-state index is 0.250. The predicted molar refractivity (Wildman–Crippen MR) is 251 cm³/mol. The molecule has 3 aromatic carbocycles. The van der Waals surface area contributed by atoms with Crippen molar-refractivity contribution in [2.45, 2.75) is 27.7 Å². The topological polar surface area (TPSA) is 213 Å². The van der Waals surface area contributed by atoms with Gasteiger partial charge in [-0.1, -0.05) is 0 Å². The molecule has 6 aromatic heterocycles. The smallest absolute Gasteiger partial charge is 0.291 e. The van der Waals surface area contributed by atoms with E-state index < -0.39 is 0 Å². The summed E-state index contributed by atoms with van der Waals surface area (Å²) in [6.45, 7) is 9.36. The van der Waals surface area contributed by atoms with Gasteiger partial charge in [-0.2, -0.15) is 0 Å². The van der Waals surface area contributed by atoms with Crippen molar-refractivity contribution in [1.29, 1.82) is 0 Å². The van der Waals surface area contributed by atoms with Crippen LogP contribution in [-0.2, 0) is 0 Å². The van der Waals surface area contributed by atoms with Gasteiger partial charge in [0.05, 0.1) is 55.7 Å². The molecule has 0 unspecified atom stereocenters. The van der Waals surface area contributed by atoms with Crippen molar-refractivity contribution < 1.29 is 47.0 Å². The number of anilines is 3. The number of pyridine rings is 3. The Morgan fingerprint density at radius 3 is 0.985 bits per heavy atom. The quantitative estimate of drug-likeness (QED) is 0.0900. The van der Waals surface area contributed by atoms with Crippen molar-refractivity contribution in [3.8, 4) is 17.2 Å². The number of aliphatic hydroxyl groups excluding tert-OH is 1. The van der Waals surface area contributed by atoms with Crippen LogP contribution in [0.5, 0.6) is 17.2 Å². The van der Waals surface area contributed by atoms with Gasteiger partial charge in [0.25, 0.3) is 17.7 Å². The Hall–Kier alpha value is -8.50. The summed E-state index contributed by atoms with van der Waals surface area (Å²) in [4.78, 5) is 49.2. The van der Waals surface area contributed by atoms with Gasteiger partial charge in [-0.15, -0.1) is 0 Å². The number of nitrogens with one attached hydrogen (secondary N) is 3. The number of carbonyl (C=O) groups excluding carboxylic acids is 3. The number of hydrogen-bond donors (Lipinski definition) is 4. The first-order valence-corrected chi connectivity index (χ1v) is 21.0. The van der Waals surface area contributed by atoms with E-state index in [0.717, 1.165) is 32.7 Å². The second-order valence-corrected chi connectivity index (χ2v) is 13.4. The zero-order chi connectivity index (χ0) is 46.7. The van der Waals surface area contributed by atoms with E-state index >= 15 is 0 Å². The van der Waals surface area contributed by atoms with E-state index in [0.29, 0.717) is 54.1 Å². The molecule has 9 aromatic rings. The second-order valence-electron chi connectivity index (χ2n) is 13.4. The van der Waals surface area contributed by atoms with Crippen molar-refractivity contribution in [2.24, 2.45) is 0 Å². The molecule has 0 radical (unpaired) electrons. The number of ether oxygens (including phenoxy) is 3. The molecule has 3 amide bonds. The van der Waals surface area contributed by atoms with Crippen molar-refractivity contribution in [2.75, 3.05) is 42.4 Å². The van der Waals surface area contributed by atoms with Gasteiger partial charge in [0.1, 0.15) is 33.8 Å². The van der Waals surface area contributed by atoms with Gasteiger partial charge in [-0.05, 0) is 137 Å². The second kappa shape index (κ2) is 23.8. The van der Waals surface area contributed by atoms with Crippen LogP contribution in [0, 0.1) is 0 Å². The number of benzene rings is 3. The van der Waals surface area contributed by atoms with Crippen LogP contribution in [0.25, 0.3) is 32.7 Å². The Kier molecular flexibility index (Phi) is 16.9. The third kappa shape index (κ3) is 11.9. The molecule has 0 aliphatic rings. The summed E-state index contributed by atoms with van der Waals surface area (Å²) in [5.74, 6) is 2.00. The first-order valence-electron chi connectivity index (χ1n) is 21.0. The molecule has 4 N–H and O–H groups in total. The maximum absolute atomic E-state index is 12.1. The van der Waals surface area contributed by atoms with Gasteiger partial charge in [0.2, 0.25) is 0 Å². The number of aliphatic hydroxyl groups is 1. The lowest BCUT2D eigenvalue weighted by atomic mass is 10.1. The number of fused-ring (bicyclic) bond motifs is 3. The van der Waals surface area contributed by atoms with E-state index in [4.69, 9.17) is 32.6 Å². The molecule has 0 aliphatic carbocycles. The molecule has 0 atom stereocenters. The van der Waals surface area contributed by atoms with Crippen LogP contribution in [0.2, 0.25) is 0 Å². The maximum Gasteiger partial charge on any atom is 0.291 e. The monoisotopic (exact) mass is 892 g/mol. The zero-order valence-electron chi connectivity index (χ0n) is 36.6. The van der Waals surface area contributed by atoms with Gasteiger partial charge in [-0.3, -0.25) is 29.3 Å². The van der Waals surface area contributed by atoms with Crippen molar-refractivity contribution >= 4 is 67.5 Å². The van der Waals surface area contributed by atoms with Crippen LogP contribution in [-0.4, -0.2) is 64.2 Å². The summed E-state index contributed by atoms with van der Waals surface area (Å²) in [6.07, 6.45) is 9.49. The molecular weight excluding hydrogens is 845 g/mol. The van der Waals surface area contributed by atoms with E-state index in [1.165, 1.54) is 18.8 Å². The van der Waals surface area contributed by atoms with Crippen LogP contribution < -0.4 is 30.2 Å². The highest BCUT2D eigenvalue weighted by molar-refractivity contribution is 6.10. The van der Waals surface area contributed by atoms with E-state index in [9.17, 15) is 14.4 Å². The lowest BCUT2D eigenvalue weighted by molar-refractivity contribution is 0.0989. The molecule has 66 heavy (non-hydrogen) atoms. The fraction of sp³-hybridized carbons (Fsp3) is 0.160. The average molecular weight is 893 g/mol. The minimum atomic E-state index is -0.297. The zero-order valence-corrected chi connectivity index (χ0v) is 36.6. The number of aromatic nitrogens is 3. The number of nitrogens with zero attached hydrogens (tertiary/aromatic N) is 3. The van der Waals surface area contributed by atoms with E-state index in [1.807, 2.05) is 57.2 Å². The van der Waals surface area contributed by atoms with Gasteiger partial charge >= 0.3 is 0 Å². The summed E-state index contributed by atoms with van der Waals surface area (Å²) < 4.78 is 31.9. The van der Waals surface area contributed by atoms with Crippen LogP contribution in [0.3, 0.4) is 0 Å².